The van der Waals surface area contributed by atoms with Crippen LogP contribution in [0.2, 0.25) is 0 Å². The van der Waals surface area contributed by atoms with Crippen molar-refractivity contribution in [2.24, 2.45) is 0 Å². The number of thiophene rings is 1. The standard InChI is InChI=1S/C15H13N3O4S/c1-2-20-14-11(4-3-6-16-14)15(19)21-8-12-17-13(18-22-12)10-5-7-23-9-10/h3-7,9H,2,8H2,1H3. The second-order valence-corrected chi connectivity index (χ2v) is 5.17. The first kappa shape index (κ1) is 15.2. The van der Waals surface area contributed by atoms with Gasteiger partial charge in [0.2, 0.25) is 11.7 Å². The van der Waals surface area contributed by atoms with Crippen LogP contribution in [0.1, 0.15) is 23.2 Å². The summed E-state index contributed by atoms with van der Waals surface area (Å²) in [5.74, 6) is 0.372. The first-order valence-electron chi connectivity index (χ1n) is 6.88. The summed E-state index contributed by atoms with van der Waals surface area (Å²) in [7, 11) is 0. The van der Waals surface area contributed by atoms with Crippen LogP contribution in [0.25, 0.3) is 11.4 Å². The van der Waals surface area contributed by atoms with Crippen molar-refractivity contribution in [2.75, 3.05) is 6.61 Å². The maximum Gasteiger partial charge on any atom is 0.344 e. The molecular formula is C15H13N3O4S. The predicted octanol–water partition coefficient (Wildman–Crippen LogP) is 2.95. The zero-order chi connectivity index (χ0) is 16.1. The van der Waals surface area contributed by atoms with Crippen molar-refractivity contribution in [2.45, 2.75) is 13.5 Å². The van der Waals surface area contributed by atoms with Crippen LogP contribution in [0, 0.1) is 0 Å². The second-order valence-electron chi connectivity index (χ2n) is 4.39. The van der Waals surface area contributed by atoms with Gasteiger partial charge in [-0.05, 0) is 30.5 Å². The summed E-state index contributed by atoms with van der Waals surface area (Å²) in [6.07, 6.45) is 1.55. The predicted molar refractivity (Wildman–Crippen MR) is 82.1 cm³/mol. The van der Waals surface area contributed by atoms with Gasteiger partial charge in [-0.15, -0.1) is 0 Å². The summed E-state index contributed by atoms with van der Waals surface area (Å²) in [4.78, 5) is 20.3. The van der Waals surface area contributed by atoms with Gasteiger partial charge in [-0.1, -0.05) is 5.16 Å². The topological polar surface area (TPSA) is 87.3 Å². The molecule has 3 heterocycles. The lowest BCUT2D eigenvalue weighted by molar-refractivity contribution is 0.0424. The fourth-order valence-corrected chi connectivity index (χ4v) is 2.46. The fraction of sp³-hybridized carbons (Fsp3) is 0.200. The third-order valence-electron chi connectivity index (χ3n) is 2.85. The summed E-state index contributed by atoms with van der Waals surface area (Å²) in [5.41, 5.74) is 1.12. The molecule has 0 spiro atoms. The lowest BCUT2D eigenvalue weighted by Gasteiger charge is -2.07. The van der Waals surface area contributed by atoms with Crippen molar-refractivity contribution >= 4 is 17.3 Å². The zero-order valence-electron chi connectivity index (χ0n) is 12.3. The van der Waals surface area contributed by atoms with Crippen LogP contribution in [0.5, 0.6) is 5.88 Å². The minimum Gasteiger partial charge on any atom is -0.477 e. The molecule has 0 bridgehead atoms. The molecule has 8 heteroatoms. The lowest BCUT2D eigenvalue weighted by atomic mass is 10.3. The SMILES string of the molecule is CCOc1ncccc1C(=O)OCc1nc(-c2ccsc2)no1. The molecular weight excluding hydrogens is 318 g/mol. The number of hydrogen-bond acceptors (Lipinski definition) is 8. The Bertz CT molecular complexity index is 786. The van der Waals surface area contributed by atoms with E-state index in [4.69, 9.17) is 14.0 Å². The Balaban J connectivity index is 1.65. The van der Waals surface area contributed by atoms with Crippen LogP contribution in [-0.2, 0) is 11.3 Å². The van der Waals surface area contributed by atoms with Gasteiger partial charge in [0.1, 0.15) is 5.56 Å². The summed E-state index contributed by atoms with van der Waals surface area (Å²) in [6.45, 7) is 2.11. The maximum atomic E-state index is 12.1. The first-order chi connectivity index (χ1) is 11.3. The van der Waals surface area contributed by atoms with Crippen molar-refractivity contribution in [1.29, 1.82) is 0 Å². The van der Waals surface area contributed by atoms with Crippen LogP contribution < -0.4 is 4.74 Å². The molecule has 0 N–H and O–H groups in total. The van der Waals surface area contributed by atoms with Crippen molar-refractivity contribution < 1.29 is 18.8 Å². The van der Waals surface area contributed by atoms with E-state index in [9.17, 15) is 4.79 Å². The van der Waals surface area contributed by atoms with Gasteiger partial charge in [0, 0.05) is 17.1 Å². The highest BCUT2D eigenvalue weighted by Gasteiger charge is 2.17. The summed E-state index contributed by atoms with van der Waals surface area (Å²) >= 11 is 1.54. The molecule has 0 atom stereocenters. The molecule has 3 rings (SSSR count). The van der Waals surface area contributed by atoms with Crippen LogP contribution >= 0.6 is 11.3 Å². The molecule has 3 aromatic rings. The molecule has 3 aromatic heterocycles. The highest BCUT2D eigenvalue weighted by Crippen LogP contribution is 2.20. The Morgan fingerprint density at radius 1 is 1.39 bits per heavy atom. The van der Waals surface area contributed by atoms with E-state index >= 15 is 0 Å². The molecule has 0 aliphatic heterocycles. The molecule has 23 heavy (non-hydrogen) atoms. The van der Waals surface area contributed by atoms with E-state index in [-0.39, 0.29) is 23.9 Å². The lowest BCUT2D eigenvalue weighted by Crippen LogP contribution is -2.09. The number of rotatable bonds is 6. The quantitative estimate of drug-likeness (QED) is 0.642. The molecule has 0 amide bonds. The van der Waals surface area contributed by atoms with E-state index in [0.29, 0.717) is 12.4 Å². The van der Waals surface area contributed by atoms with Gasteiger partial charge in [0.15, 0.2) is 6.61 Å². The molecule has 7 nitrogen and oxygen atoms in total. The number of pyridine rings is 1. The fourth-order valence-electron chi connectivity index (χ4n) is 1.83. The van der Waals surface area contributed by atoms with Crippen LogP contribution in [0.15, 0.2) is 39.7 Å². The number of aromatic nitrogens is 3. The van der Waals surface area contributed by atoms with Gasteiger partial charge in [-0.25, -0.2) is 9.78 Å². The maximum absolute atomic E-state index is 12.1. The minimum atomic E-state index is -0.558. The molecule has 0 aromatic carbocycles. The van der Waals surface area contributed by atoms with Crippen molar-refractivity contribution in [3.63, 3.8) is 0 Å². The smallest absolute Gasteiger partial charge is 0.344 e. The van der Waals surface area contributed by atoms with Gasteiger partial charge in [0.05, 0.1) is 6.61 Å². The Kier molecular flexibility index (Phi) is 4.62. The molecule has 0 saturated carbocycles. The van der Waals surface area contributed by atoms with E-state index in [1.165, 1.54) is 11.3 Å². The molecule has 0 aliphatic rings. The molecule has 0 radical (unpaired) electrons. The summed E-state index contributed by atoms with van der Waals surface area (Å²) in [5, 5.41) is 7.68. The third-order valence-corrected chi connectivity index (χ3v) is 3.53. The minimum absolute atomic E-state index is 0.115. The van der Waals surface area contributed by atoms with Gasteiger partial charge in [0.25, 0.3) is 5.89 Å². The van der Waals surface area contributed by atoms with Gasteiger partial charge >= 0.3 is 5.97 Å². The van der Waals surface area contributed by atoms with E-state index in [0.717, 1.165) is 5.56 Å². The Labute approximate surface area is 135 Å². The molecule has 118 valence electrons. The number of ether oxygens (including phenoxy) is 2. The Hall–Kier alpha value is -2.74. The normalized spacial score (nSPS) is 10.5. The van der Waals surface area contributed by atoms with E-state index < -0.39 is 5.97 Å². The Morgan fingerprint density at radius 3 is 3.09 bits per heavy atom. The third kappa shape index (κ3) is 3.54. The molecule has 0 saturated heterocycles. The number of nitrogens with zero attached hydrogens (tertiary/aromatic N) is 3. The van der Waals surface area contributed by atoms with Crippen LogP contribution in [0.4, 0.5) is 0 Å². The number of carbonyl (C=O) groups is 1. The number of esters is 1. The number of hydrogen-bond donors (Lipinski definition) is 0. The highest BCUT2D eigenvalue weighted by atomic mass is 32.1. The number of carbonyl (C=O) groups excluding carboxylic acids is 1. The van der Waals surface area contributed by atoms with E-state index in [2.05, 4.69) is 15.1 Å². The summed E-state index contributed by atoms with van der Waals surface area (Å²) < 4.78 is 15.6. The largest absolute Gasteiger partial charge is 0.477 e. The van der Waals surface area contributed by atoms with Crippen molar-refractivity contribution in [1.82, 2.24) is 15.1 Å². The summed E-state index contributed by atoms with van der Waals surface area (Å²) in [6, 6.07) is 5.11. The second kappa shape index (κ2) is 7.01. The Morgan fingerprint density at radius 2 is 2.30 bits per heavy atom. The van der Waals surface area contributed by atoms with Gasteiger partial charge in [-0.3, -0.25) is 0 Å². The van der Waals surface area contributed by atoms with E-state index in [1.54, 1.807) is 18.3 Å². The van der Waals surface area contributed by atoms with Crippen LogP contribution in [-0.4, -0.2) is 27.7 Å². The first-order valence-corrected chi connectivity index (χ1v) is 7.82. The average molecular weight is 331 g/mol. The monoisotopic (exact) mass is 331 g/mol. The zero-order valence-corrected chi connectivity index (χ0v) is 13.1. The molecule has 0 unspecified atom stereocenters. The molecule has 0 aliphatic carbocycles. The van der Waals surface area contributed by atoms with Crippen molar-refractivity contribution in [3.8, 4) is 17.3 Å². The molecule has 0 fully saturated rings. The van der Waals surface area contributed by atoms with E-state index in [1.807, 2.05) is 23.8 Å². The van der Waals surface area contributed by atoms with Gasteiger partial charge in [-0.2, -0.15) is 16.3 Å². The highest BCUT2D eigenvalue weighted by molar-refractivity contribution is 7.08. The van der Waals surface area contributed by atoms with Gasteiger partial charge < -0.3 is 14.0 Å². The average Bonchev–Trinajstić information content (AvgIpc) is 3.24. The van der Waals surface area contributed by atoms with Crippen LogP contribution in [0.3, 0.4) is 0 Å². The van der Waals surface area contributed by atoms with Crippen molar-refractivity contribution in [3.05, 3.63) is 46.6 Å².